The smallest absolute Gasteiger partial charge is 0.550 e. The van der Waals surface area contributed by atoms with Gasteiger partial charge < -0.3 is 44.3 Å². The van der Waals surface area contributed by atoms with Crippen LogP contribution in [0.2, 0.25) is 0 Å². The molecule has 0 aliphatic carbocycles. The molecule has 2 unspecified atom stereocenters. The van der Waals surface area contributed by atoms with Gasteiger partial charge in [-0.05, 0) is 12.8 Å². The largest absolute Gasteiger partial charge is 3.00 e. The van der Waals surface area contributed by atoms with Crippen molar-refractivity contribution >= 4 is 61.5 Å². The van der Waals surface area contributed by atoms with Crippen molar-refractivity contribution in [2.45, 2.75) is 166 Å². The van der Waals surface area contributed by atoms with Crippen LogP contribution in [0.15, 0.2) is 0 Å². The number of carboxylic acid groups (broad SMARTS) is 4. The van der Waals surface area contributed by atoms with E-state index in [1.807, 2.05) is 0 Å². The third-order valence-corrected chi connectivity index (χ3v) is 9.39. The zero-order valence-electron chi connectivity index (χ0n) is 30.7. The van der Waals surface area contributed by atoms with Crippen LogP contribution in [-0.4, -0.2) is 90.9 Å². The minimum Gasteiger partial charge on any atom is -0.550 e. The van der Waals surface area contributed by atoms with E-state index in [-0.39, 0.29) is 46.9 Å². The van der Waals surface area contributed by atoms with Crippen molar-refractivity contribution in [3.05, 3.63) is 0 Å². The van der Waals surface area contributed by atoms with Crippen molar-refractivity contribution in [2.75, 3.05) is 13.2 Å². The van der Waals surface area contributed by atoms with E-state index in [9.17, 15) is 56.4 Å². The summed E-state index contributed by atoms with van der Waals surface area (Å²) >= 11 is 0. The van der Waals surface area contributed by atoms with Crippen LogP contribution in [0.4, 0.5) is 0 Å². The summed E-state index contributed by atoms with van der Waals surface area (Å²) < 4.78 is 62.7. The summed E-state index contributed by atoms with van der Waals surface area (Å²) in [5.41, 5.74) is 0. The number of aliphatic carboxylic acids is 4. The van der Waals surface area contributed by atoms with E-state index in [2.05, 4.69) is 13.8 Å². The fraction of sp³-hybridized carbons (Fsp3) is 0.875. The molecule has 0 radical (unpaired) electrons. The second-order valence-electron chi connectivity index (χ2n) is 11.8. The summed E-state index contributed by atoms with van der Waals surface area (Å²) in [5, 5.41) is 34.5. The zero-order valence-corrected chi connectivity index (χ0v) is 35.5. The van der Waals surface area contributed by atoms with Crippen LogP contribution in [0.25, 0.3) is 0 Å². The van der Waals surface area contributed by atoms with Crippen LogP contribution >= 0.6 is 0 Å². The summed E-state index contributed by atoms with van der Waals surface area (Å²) in [6, 6.07) is 0. The Morgan fingerprint density at radius 1 is 0.490 bits per heavy atom. The molecule has 0 aliphatic heterocycles. The average molecular weight is 797 g/mol. The third kappa shape index (κ3) is 45.3. The molecular formula is C32H58AlNaO15S2. The van der Waals surface area contributed by atoms with Gasteiger partial charge >= 0.3 is 46.9 Å². The van der Waals surface area contributed by atoms with E-state index in [0.717, 1.165) is 13.2 Å². The Morgan fingerprint density at radius 3 is 0.863 bits per heavy atom. The number of hydrogen-bond donors (Lipinski definition) is 2. The molecule has 19 heteroatoms. The fourth-order valence-electron chi connectivity index (χ4n) is 4.41. The Bertz CT molecular complexity index is 1010. The van der Waals surface area contributed by atoms with Gasteiger partial charge in [-0.2, -0.15) is 16.8 Å². The van der Waals surface area contributed by atoms with Gasteiger partial charge in [0.1, 0.15) is 10.5 Å². The van der Waals surface area contributed by atoms with E-state index in [0.29, 0.717) is 0 Å². The fourth-order valence-corrected chi connectivity index (χ4v) is 5.59. The number of rotatable bonds is 30. The van der Waals surface area contributed by atoms with Gasteiger partial charge in [0, 0.05) is 38.0 Å². The number of hydrogen-bond acceptors (Lipinski definition) is 13. The van der Waals surface area contributed by atoms with Gasteiger partial charge in [0.2, 0.25) is 0 Å². The maximum atomic E-state index is 10.2. The summed E-state index contributed by atoms with van der Waals surface area (Å²) in [6.07, 6.45) is 25.5. The molecule has 15 nitrogen and oxygen atoms in total. The maximum absolute atomic E-state index is 10.2. The third-order valence-electron chi connectivity index (χ3n) is 7.23. The van der Waals surface area contributed by atoms with Crippen molar-refractivity contribution in [3.63, 3.8) is 0 Å². The van der Waals surface area contributed by atoms with Gasteiger partial charge in [0.15, 0.2) is 0 Å². The van der Waals surface area contributed by atoms with Crippen LogP contribution in [0, 0.1) is 0 Å². The molecule has 0 saturated carbocycles. The molecule has 0 aromatic rings. The number of ether oxygens (including phenoxy) is 1. The standard InChI is InChI=1S/C24H50O.2C4H6O7S.Al.Na/c1-3-5-7-9-11-13-15-17-19-21-23-25-24-22-20-18-16-14-12-10-8-6-4-2;2*5-3(6)1-2(4(7)8)12(9,10)11;;/h3-24H2,1-2H3;2*2H,1H2,(H,5,6)(H,7,8)(H,9,10,11);;/q;;;+3;+1/p-4. The van der Waals surface area contributed by atoms with Crippen molar-refractivity contribution < 1.29 is 99.8 Å². The first-order chi connectivity index (χ1) is 22.9. The molecular weight excluding hydrogens is 738 g/mol. The molecule has 2 N–H and O–H groups in total. The van der Waals surface area contributed by atoms with Gasteiger partial charge in [-0.3, -0.25) is 9.11 Å². The molecule has 0 fully saturated rings. The SMILES string of the molecule is CCCCCCCCCCCCOCCCCCCCCCCCC.O=C([O-])CC(C(=O)[O-])S(=O)(=O)O.O=C([O-])CC(C(=O)[O-])S(=O)(=O)O.[Al+3].[Na+]. The van der Waals surface area contributed by atoms with Crippen molar-refractivity contribution in [1.82, 2.24) is 0 Å². The summed E-state index contributed by atoms with van der Waals surface area (Å²) in [4.78, 5) is 39.4. The zero-order chi connectivity index (χ0) is 38.1. The van der Waals surface area contributed by atoms with Gasteiger partial charge in [-0.1, -0.05) is 129 Å². The number of carbonyl (C=O) groups is 4. The average Bonchev–Trinajstić information content (AvgIpc) is 2.98. The summed E-state index contributed by atoms with van der Waals surface area (Å²) in [5.74, 6) is -8.16. The van der Waals surface area contributed by atoms with Gasteiger partial charge in [-0.25, -0.2) is 0 Å². The Morgan fingerprint density at radius 2 is 0.706 bits per heavy atom. The molecule has 0 aromatic heterocycles. The Hall–Kier alpha value is -0.808. The van der Waals surface area contributed by atoms with Crippen molar-refractivity contribution in [2.24, 2.45) is 0 Å². The molecule has 0 heterocycles. The first-order valence-corrected chi connectivity index (χ1v) is 20.2. The normalized spacial score (nSPS) is 12.0. The molecule has 0 rings (SSSR count). The van der Waals surface area contributed by atoms with E-state index in [1.165, 1.54) is 128 Å². The van der Waals surface area contributed by atoms with Crippen LogP contribution in [0.3, 0.4) is 0 Å². The van der Waals surface area contributed by atoms with Crippen LogP contribution in [0.5, 0.6) is 0 Å². The Kier molecular flexibility index (Phi) is 45.4. The number of carbonyl (C=O) groups excluding carboxylic acids is 4. The second-order valence-corrected chi connectivity index (χ2v) is 15.0. The summed E-state index contributed by atoms with van der Waals surface area (Å²) in [6.45, 7) is 6.57. The van der Waals surface area contributed by atoms with Gasteiger partial charge in [0.05, 0.1) is 11.9 Å². The predicted octanol–water partition coefficient (Wildman–Crippen LogP) is -2.27. The van der Waals surface area contributed by atoms with Crippen LogP contribution < -0.4 is 50.0 Å². The maximum Gasteiger partial charge on any atom is 3.00 e. The first-order valence-electron chi connectivity index (χ1n) is 17.2. The Balaban J connectivity index is -0.000000228. The minimum absolute atomic E-state index is 0. The molecule has 51 heavy (non-hydrogen) atoms. The van der Waals surface area contributed by atoms with Crippen LogP contribution in [0.1, 0.15) is 155 Å². The summed E-state index contributed by atoms with van der Waals surface area (Å²) in [7, 11) is -9.88. The Labute approximate surface area is 338 Å². The monoisotopic (exact) mass is 796 g/mol. The van der Waals surface area contributed by atoms with Crippen LogP contribution in [-0.2, 0) is 44.2 Å². The second kappa shape index (κ2) is 38.9. The molecule has 2 atom stereocenters. The molecule has 0 aliphatic rings. The molecule has 0 spiro atoms. The molecule has 0 bridgehead atoms. The quantitative estimate of drug-likeness (QED) is 0.0441. The van der Waals surface area contributed by atoms with Gasteiger partial charge in [0.25, 0.3) is 20.2 Å². The molecule has 0 amide bonds. The number of carboxylic acids is 4. The number of unbranched alkanes of at least 4 members (excludes halogenated alkanes) is 18. The minimum atomic E-state index is -4.94. The molecule has 0 saturated heterocycles. The molecule has 0 aromatic carbocycles. The van der Waals surface area contributed by atoms with Crippen molar-refractivity contribution in [3.8, 4) is 0 Å². The van der Waals surface area contributed by atoms with E-state index in [1.54, 1.807) is 0 Å². The van der Waals surface area contributed by atoms with E-state index in [4.69, 9.17) is 13.8 Å². The first kappa shape index (κ1) is 59.5. The van der Waals surface area contributed by atoms with E-state index >= 15 is 0 Å². The predicted molar refractivity (Wildman–Crippen MR) is 180 cm³/mol. The van der Waals surface area contributed by atoms with Crippen molar-refractivity contribution in [1.29, 1.82) is 0 Å². The van der Waals surface area contributed by atoms with E-state index < -0.39 is 67.5 Å². The molecule has 292 valence electrons. The topological polar surface area (TPSA) is 278 Å². The van der Waals surface area contributed by atoms with Gasteiger partial charge in [-0.15, -0.1) is 0 Å².